The predicted molar refractivity (Wildman–Crippen MR) is 81.5 cm³/mol. The highest BCUT2D eigenvalue weighted by Gasteiger charge is 2.10. The van der Waals surface area contributed by atoms with Crippen LogP contribution in [0, 0.1) is 0 Å². The summed E-state index contributed by atoms with van der Waals surface area (Å²) in [5, 5.41) is 14.5. The summed E-state index contributed by atoms with van der Waals surface area (Å²) in [4.78, 5) is 26.3. The second-order valence-electron chi connectivity index (χ2n) is 4.83. The fourth-order valence-corrected chi connectivity index (χ4v) is 2.84. The first kappa shape index (κ1) is 15.2. The molecule has 0 saturated carbocycles. The lowest BCUT2D eigenvalue weighted by Crippen LogP contribution is -2.32. The van der Waals surface area contributed by atoms with Crippen LogP contribution in [0.2, 0.25) is 0 Å². The molecule has 2 N–H and O–H groups in total. The number of hydrogen-bond acceptors (Lipinski definition) is 4. The minimum Gasteiger partial charge on any atom is -0.478 e. The molecule has 2 aromatic rings. The molecule has 2 rings (SSSR count). The van der Waals surface area contributed by atoms with Gasteiger partial charge in [0, 0.05) is 30.3 Å². The zero-order chi connectivity index (χ0) is 15.4. The smallest absolute Gasteiger partial charge is 0.335 e. The number of aromatic carboxylic acids is 1. The number of carboxylic acids is 1. The number of aromatic nitrogens is 1. The quantitative estimate of drug-likeness (QED) is 0.890. The van der Waals surface area contributed by atoms with Crippen LogP contribution in [0.1, 0.15) is 29.9 Å². The number of carbonyl (C=O) groups excluding carboxylic acids is 1. The van der Waals surface area contributed by atoms with Crippen molar-refractivity contribution in [1.82, 2.24) is 10.3 Å². The van der Waals surface area contributed by atoms with Crippen molar-refractivity contribution in [1.29, 1.82) is 0 Å². The summed E-state index contributed by atoms with van der Waals surface area (Å²) in [6.45, 7) is 3.43. The van der Waals surface area contributed by atoms with Crippen molar-refractivity contribution in [3.8, 4) is 10.6 Å². The molecule has 21 heavy (non-hydrogen) atoms. The van der Waals surface area contributed by atoms with Crippen LogP contribution in [-0.2, 0) is 11.2 Å². The molecular weight excluding hydrogens is 288 g/mol. The van der Waals surface area contributed by atoms with E-state index in [0.29, 0.717) is 6.42 Å². The van der Waals surface area contributed by atoms with E-state index < -0.39 is 5.97 Å². The van der Waals surface area contributed by atoms with E-state index in [1.165, 1.54) is 18.3 Å². The van der Waals surface area contributed by atoms with Crippen LogP contribution in [0.25, 0.3) is 10.6 Å². The SMILES string of the molecule is CC(=O)NC(C)Cc1csc(-c2ccc(C(=O)O)cc2)n1. The molecular formula is C15H16N2O3S. The molecule has 0 saturated heterocycles. The topological polar surface area (TPSA) is 79.3 Å². The molecule has 0 spiro atoms. The molecule has 1 aromatic heterocycles. The van der Waals surface area contributed by atoms with Crippen molar-refractivity contribution in [2.45, 2.75) is 26.3 Å². The number of carbonyl (C=O) groups is 2. The number of hydrogen-bond donors (Lipinski definition) is 2. The molecule has 0 radical (unpaired) electrons. The first-order chi connectivity index (χ1) is 9.95. The van der Waals surface area contributed by atoms with Crippen LogP contribution in [0.3, 0.4) is 0 Å². The van der Waals surface area contributed by atoms with E-state index in [1.807, 2.05) is 12.3 Å². The van der Waals surface area contributed by atoms with Gasteiger partial charge in [0.15, 0.2) is 0 Å². The zero-order valence-electron chi connectivity index (χ0n) is 11.8. The number of carboxylic acid groups (broad SMARTS) is 1. The van der Waals surface area contributed by atoms with Gasteiger partial charge in [-0.25, -0.2) is 9.78 Å². The highest BCUT2D eigenvalue weighted by Crippen LogP contribution is 2.24. The van der Waals surface area contributed by atoms with Crippen molar-refractivity contribution < 1.29 is 14.7 Å². The maximum atomic E-state index is 11.0. The fourth-order valence-electron chi connectivity index (χ4n) is 2.00. The molecule has 0 aliphatic carbocycles. The van der Waals surface area contributed by atoms with Crippen molar-refractivity contribution in [2.75, 3.05) is 0 Å². The maximum absolute atomic E-state index is 11.0. The summed E-state index contributed by atoms with van der Waals surface area (Å²) >= 11 is 1.51. The summed E-state index contributed by atoms with van der Waals surface area (Å²) in [7, 11) is 0. The number of amides is 1. The third kappa shape index (κ3) is 4.13. The standard InChI is InChI=1S/C15H16N2O3S/c1-9(16-10(2)18)7-13-8-21-14(17-13)11-3-5-12(6-4-11)15(19)20/h3-6,8-9H,7H2,1-2H3,(H,16,18)(H,19,20). The summed E-state index contributed by atoms with van der Waals surface area (Å²) in [5.74, 6) is -0.993. The molecule has 1 heterocycles. The maximum Gasteiger partial charge on any atom is 0.335 e. The van der Waals surface area contributed by atoms with Gasteiger partial charge in [0.1, 0.15) is 5.01 Å². The van der Waals surface area contributed by atoms with Gasteiger partial charge in [0.2, 0.25) is 5.91 Å². The van der Waals surface area contributed by atoms with E-state index in [-0.39, 0.29) is 17.5 Å². The summed E-state index contributed by atoms with van der Waals surface area (Å²) in [6, 6.07) is 6.68. The monoisotopic (exact) mass is 304 g/mol. The van der Waals surface area contributed by atoms with Crippen molar-refractivity contribution in [2.24, 2.45) is 0 Å². The lowest BCUT2D eigenvalue weighted by molar-refractivity contribution is -0.119. The van der Waals surface area contributed by atoms with E-state index in [2.05, 4.69) is 10.3 Å². The minimum absolute atomic E-state index is 0.0341. The minimum atomic E-state index is -0.939. The molecule has 0 aliphatic rings. The van der Waals surface area contributed by atoms with Gasteiger partial charge in [0.25, 0.3) is 0 Å². The number of rotatable bonds is 5. The lowest BCUT2D eigenvalue weighted by Gasteiger charge is -2.09. The Morgan fingerprint density at radius 3 is 2.57 bits per heavy atom. The van der Waals surface area contributed by atoms with E-state index >= 15 is 0 Å². The van der Waals surface area contributed by atoms with Gasteiger partial charge in [-0.15, -0.1) is 11.3 Å². The largest absolute Gasteiger partial charge is 0.478 e. The average molecular weight is 304 g/mol. The van der Waals surface area contributed by atoms with E-state index in [9.17, 15) is 9.59 Å². The molecule has 1 aromatic carbocycles. The molecule has 110 valence electrons. The normalized spacial score (nSPS) is 11.9. The molecule has 1 unspecified atom stereocenters. The van der Waals surface area contributed by atoms with Crippen LogP contribution in [0.4, 0.5) is 0 Å². The van der Waals surface area contributed by atoms with Gasteiger partial charge in [-0.05, 0) is 19.1 Å². The summed E-state index contributed by atoms with van der Waals surface area (Å²) < 4.78 is 0. The molecule has 1 amide bonds. The Kier molecular flexibility index (Phi) is 4.70. The summed E-state index contributed by atoms with van der Waals surface area (Å²) in [6.07, 6.45) is 0.670. The van der Waals surface area contributed by atoms with Crippen molar-refractivity contribution >= 4 is 23.2 Å². The number of nitrogens with zero attached hydrogens (tertiary/aromatic N) is 1. The predicted octanol–water partition coefficient (Wildman–Crippen LogP) is 2.58. The first-order valence-corrected chi connectivity index (χ1v) is 7.39. The number of nitrogens with one attached hydrogen (secondary N) is 1. The molecule has 1 atom stereocenters. The van der Waals surface area contributed by atoms with Gasteiger partial charge >= 0.3 is 5.97 Å². The van der Waals surface area contributed by atoms with Gasteiger partial charge in [-0.2, -0.15) is 0 Å². The molecule has 0 aliphatic heterocycles. The third-order valence-corrected chi connectivity index (χ3v) is 3.84. The zero-order valence-corrected chi connectivity index (χ0v) is 12.6. The Hall–Kier alpha value is -2.21. The Morgan fingerprint density at radius 1 is 1.33 bits per heavy atom. The molecule has 0 fully saturated rings. The van der Waals surface area contributed by atoms with E-state index in [1.54, 1.807) is 24.3 Å². The Bertz CT molecular complexity index is 649. The highest BCUT2D eigenvalue weighted by molar-refractivity contribution is 7.13. The van der Waals surface area contributed by atoms with Gasteiger partial charge in [-0.3, -0.25) is 4.79 Å². The Morgan fingerprint density at radius 2 is 2.00 bits per heavy atom. The fraction of sp³-hybridized carbons (Fsp3) is 0.267. The van der Waals surface area contributed by atoms with Crippen LogP contribution >= 0.6 is 11.3 Å². The van der Waals surface area contributed by atoms with Crippen LogP contribution in [-0.4, -0.2) is 28.0 Å². The van der Waals surface area contributed by atoms with Gasteiger partial charge < -0.3 is 10.4 Å². The van der Waals surface area contributed by atoms with Crippen molar-refractivity contribution in [3.63, 3.8) is 0 Å². The molecule has 0 bridgehead atoms. The average Bonchev–Trinajstić information content (AvgIpc) is 2.86. The highest BCUT2D eigenvalue weighted by atomic mass is 32.1. The van der Waals surface area contributed by atoms with Crippen LogP contribution in [0.5, 0.6) is 0 Å². The van der Waals surface area contributed by atoms with Crippen molar-refractivity contribution in [3.05, 3.63) is 40.9 Å². The molecule has 5 nitrogen and oxygen atoms in total. The lowest BCUT2D eigenvalue weighted by atomic mass is 10.1. The van der Waals surface area contributed by atoms with E-state index in [0.717, 1.165) is 16.3 Å². The van der Waals surface area contributed by atoms with Gasteiger partial charge in [0.05, 0.1) is 11.3 Å². The number of benzene rings is 1. The second-order valence-corrected chi connectivity index (χ2v) is 5.69. The van der Waals surface area contributed by atoms with Crippen LogP contribution in [0.15, 0.2) is 29.6 Å². The molecule has 6 heteroatoms. The van der Waals surface area contributed by atoms with Gasteiger partial charge in [-0.1, -0.05) is 12.1 Å². The third-order valence-electron chi connectivity index (χ3n) is 2.90. The Balaban J connectivity index is 2.08. The van der Waals surface area contributed by atoms with Crippen LogP contribution < -0.4 is 5.32 Å². The van der Waals surface area contributed by atoms with E-state index in [4.69, 9.17) is 5.11 Å². The second kappa shape index (κ2) is 6.49. The first-order valence-electron chi connectivity index (χ1n) is 6.51. The summed E-state index contributed by atoms with van der Waals surface area (Å²) in [5.41, 5.74) is 2.07. The number of thiazole rings is 1. The Labute approximate surface area is 126 Å².